The van der Waals surface area contributed by atoms with Crippen LogP contribution in [0.2, 0.25) is 0 Å². The number of aryl methyl sites for hydroxylation is 1. The summed E-state index contributed by atoms with van der Waals surface area (Å²) in [4.78, 5) is 6.66. The molecular formula is C26H32FN3O3. The van der Waals surface area contributed by atoms with Gasteiger partial charge >= 0.3 is 0 Å². The van der Waals surface area contributed by atoms with Crippen molar-refractivity contribution >= 4 is 0 Å². The molecule has 0 saturated carbocycles. The molecule has 0 radical (unpaired) electrons. The quantitative estimate of drug-likeness (QED) is 0.502. The molecule has 33 heavy (non-hydrogen) atoms. The van der Waals surface area contributed by atoms with Gasteiger partial charge in [-0.05, 0) is 42.7 Å². The van der Waals surface area contributed by atoms with Crippen molar-refractivity contribution in [3.05, 3.63) is 78.1 Å². The molecule has 0 bridgehead atoms. The monoisotopic (exact) mass is 453 g/mol. The van der Waals surface area contributed by atoms with Gasteiger partial charge in [-0.25, -0.2) is 9.37 Å². The second kappa shape index (κ2) is 10.8. The number of imidazole rings is 1. The minimum absolute atomic E-state index is 0.0990. The number of benzene rings is 2. The van der Waals surface area contributed by atoms with E-state index in [4.69, 9.17) is 9.47 Å². The Morgan fingerprint density at radius 3 is 2.70 bits per heavy atom. The van der Waals surface area contributed by atoms with Crippen molar-refractivity contribution in [3.63, 3.8) is 0 Å². The van der Waals surface area contributed by atoms with E-state index < -0.39 is 11.4 Å². The van der Waals surface area contributed by atoms with Gasteiger partial charge in [0.2, 0.25) is 0 Å². The van der Waals surface area contributed by atoms with Crippen molar-refractivity contribution in [2.75, 3.05) is 26.3 Å². The Labute approximate surface area is 194 Å². The van der Waals surface area contributed by atoms with E-state index in [2.05, 4.69) is 33.5 Å². The van der Waals surface area contributed by atoms with Crippen LogP contribution in [-0.2, 0) is 19.5 Å². The highest BCUT2D eigenvalue weighted by Crippen LogP contribution is 2.26. The number of piperidine rings is 1. The molecule has 0 spiro atoms. The van der Waals surface area contributed by atoms with Crippen LogP contribution in [0.25, 0.3) is 0 Å². The van der Waals surface area contributed by atoms with E-state index in [0.29, 0.717) is 19.4 Å². The van der Waals surface area contributed by atoms with Crippen molar-refractivity contribution in [1.82, 2.24) is 14.5 Å². The van der Waals surface area contributed by atoms with Crippen molar-refractivity contribution in [2.24, 2.45) is 0 Å². The van der Waals surface area contributed by atoms with E-state index in [1.165, 1.54) is 11.6 Å². The van der Waals surface area contributed by atoms with Crippen molar-refractivity contribution < 1.29 is 19.0 Å². The van der Waals surface area contributed by atoms with Crippen LogP contribution in [0.15, 0.2) is 60.9 Å². The van der Waals surface area contributed by atoms with Gasteiger partial charge in [0.1, 0.15) is 30.4 Å². The average molecular weight is 454 g/mol. The lowest BCUT2D eigenvalue weighted by molar-refractivity contribution is -0.0543. The molecule has 2 aromatic carbocycles. The van der Waals surface area contributed by atoms with Crippen molar-refractivity contribution in [3.8, 4) is 11.5 Å². The van der Waals surface area contributed by atoms with Gasteiger partial charge < -0.3 is 19.1 Å². The normalized spacial score (nSPS) is 16.0. The molecule has 1 fully saturated rings. The molecule has 1 aliphatic heterocycles. The first-order chi connectivity index (χ1) is 16.0. The van der Waals surface area contributed by atoms with Crippen LogP contribution < -0.4 is 9.47 Å². The van der Waals surface area contributed by atoms with Gasteiger partial charge in [-0.3, -0.25) is 4.90 Å². The van der Waals surface area contributed by atoms with Crippen LogP contribution in [0, 0.1) is 5.82 Å². The summed E-state index contributed by atoms with van der Waals surface area (Å²) in [6.07, 6.45) is 5.89. The van der Waals surface area contributed by atoms with Crippen LogP contribution in [0.4, 0.5) is 4.39 Å². The van der Waals surface area contributed by atoms with Crippen LogP contribution in [0.1, 0.15) is 31.2 Å². The molecule has 0 amide bonds. The molecule has 2 heterocycles. The predicted octanol–water partition coefficient (Wildman–Crippen LogP) is 4.07. The van der Waals surface area contributed by atoms with E-state index in [9.17, 15) is 9.50 Å². The lowest BCUT2D eigenvalue weighted by atomic mass is 9.92. The van der Waals surface area contributed by atoms with Gasteiger partial charge in [0.25, 0.3) is 0 Å². The number of hydrogen-bond acceptors (Lipinski definition) is 5. The summed E-state index contributed by atoms with van der Waals surface area (Å²) in [6.45, 7) is 5.86. The number of ether oxygens (including phenoxy) is 2. The van der Waals surface area contributed by atoms with Crippen molar-refractivity contribution in [2.45, 2.75) is 44.9 Å². The maximum Gasteiger partial charge on any atom is 0.165 e. The molecule has 1 N–H and O–H groups in total. The fraction of sp³-hybridized carbons (Fsp3) is 0.423. The zero-order valence-corrected chi connectivity index (χ0v) is 19.1. The van der Waals surface area contributed by atoms with Gasteiger partial charge in [0.05, 0.1) is 6.54 Å². The third-order valence-corrected chi connectivity index (χ3v) is 6.14. The van der Waals surface area contributed by atoms with Crippen molar-refractivity contribution in [1.29, 1.82) is 0 Å². The Kier molecular flexibility index (Phi) is 7.62. The molecule has 6 nitrogen and oxygen atoms in total. The lowest BCUT2D eigenvalue weighted by Gasteiger charge is -2.38. The maximum absolute atomic E-state index is 13.8. The van der Waals surface area contributed by atoms with Gasteiger partial charge in [0.15, 0.2) is 11.6 Å². The fourth-order valence-corrected chi connectivity index (χ4v) is 4.16. The Balaban J connectivity index is 1.23. The summed E-state index contributed by atoms with van der Waals surface area (Å²) >= 11 is 0. The molecule has 0 aliphatic carbocycles. The van der Waals surface area contributed by atoms with E-state index in [1.54, 1.807) is 18.2 Å². The SMILES string of the molecule is CCc1nccn1CCOc1cccc(CN2CCC(O)(COc3ccccc3F)CC2)c1. The topological polar surface area (TPSA) is 59.8 Å². The minimum Gasteiger partial charge on any atom is -0.492 e. The Morgan fingerprint density at radius 2 is 1.91 bits per heavy atom. The standard InChI is InChI=1S/C26H32FN3O3/c1-2-25-28-12-15-30(25)16-17-32-22-7-5-6-21(18-22)19-29-13-10-26(31,11-14-29)20-33-24-9-4-3-8-23(24)27/h3-9,12,15,18,31H,2,10-11,13-14,16-17,19-20H2,1H3. The highest BCUT2D eigenvalue weighted by Gasteiger charge is 2.33. The summed E-state index contributed by atoms with van der Waals surface area (Å²) in [5.41, 5.74) is 0.242. The number of nitrogens with zero attached hydrogens (tertiary/aromatic N) is 3. The van der Waals surface area contributed by atoms with Crippen LogP contribution in [-0.4, -0.2) is 51.5 Å². The maximum atomic E-state index is 13.8. The average Bonchev–Trinajstić information content (AvgIpc) is 3.28. The molecule has 3 aromatic rings. The lowest BCUT2D eigenvalue weighted by Crippen LogP contribution is -2.47. The van der Waals surface area contributed by atoms with Crippen LogP contribution >= 0.6 is 0 Å². The van der Waals surface area contributed by atoms with Gasteiger partial charge in [0, 0.05) is 38.4 Å². The summed E-state index contributed by atoms with van der Waals surface area (Å²) in [5, 5.41) is 10.9. The third kappa shape index (κ3) is 6.33. The molecule has 0 atom stereocenters. The number of likely N-dealkylation sites (tertiary alicyclic amines) is 1. The van der Waals surface area contributed by atoms with Gasteiger partial charge in [-0.2, -0.15) is 0 Å². The first kappa shape index (κ1) is 23.3. The largest absolute Gasteiger partial charge is 0.492 e. The smallest absolute Gasteiger partial charge is 0.165 e. The Morgan fingerprint density at radius 1 is 1.09 bits per heavy atom. The third-order valence-electron chi connectivity index (χ3n) is 6.14. The van der Waals surface area contributed by atoms with E-state index in [0.717, 1.165) is 44.2 Å². The summed E-state index contributed by atoms with van der Waals surface area (Å²) in [6, 6.07) is 14.5. The molecule has 0 unspecified atom stereocenters. The molecule has 176 valence electrons. The van der Waals surface area contributed by atoms with Gasteiger partial charge in [-0.1, -0.05) is 31.2 Å². The number of aliphatic hydroxyl groups is 1. The highest BCUT2D eigenvalue weighted by atomic mass is 19.1. The molecule has 1 aliphatic rings. The number of hydrogen-bond donors (Lipinski definition) is 1. The Bertz CT molecular complexity index is 1030. The number of rotatable bonds is 10. The van der Waals surface area contributed by atoms with Gasteiger partial charge in [-0.15, -0.1) is 0 Å². The summed E-state index contributed by atoms with van der Waals surface area (Å²) < 4.78 is 27.4. The molecule has 4 rings (SSSR count). The van der Waals surface area contributed by atoms with E-state index in [-0.39, 0.29) is 12.4 Å². The summed E-state index contributed by atoms with van der Waals surface area (Å²) in [7, 11) is 0. The summed E-state index contributed by atoms with van der Waals surface area (Å²) in [5.74, 6) is 1.70. The molecule has 1 aromatic heterocycles. The van der Waals surface area contributed by atoms with E-state index in [1.807, 2.05) is 24.5 Å². The Hall–Kier alpha value is -2.90. The predicted molar refractivity (Wildman–Crippen MR) is 125 cm³/mol. The zero-order chi connectivity index (χ0) is 23.1. The molecular weight excluding hydrogens is 421 g/mol. The first-order valence-electron chi connectivity index (χ1n) is 11.6. The fourth-order valence-electron chi connectivity index (χ4n) is 4.16. The van der Waals surface area contributed by atoms with E-state index >= 15 is 0 Å². The number of aromatic nitrogens is 2. The number of halogens is 1. The number of para-hydroxylation sites is 1. The van der Waals surface area contributed by atoms with Crippen LogP contribution in [0.5, 0.6) is 11.5 Å². The minimum atomic E-state index is -0.936. The van der Waals surface area contributed by atoms with Crippen LogP contribution in [0.3, 0.4) is 0 Å². The zero-order valence-electron chi connectivity index (χ0n) is 19.1. The highest BCUT2D eigenvalue weighted by molar-refractivity contribution is 5.28. The molecule has 7 heteroatoms. The first-order valence-corrected chi connectivity index (χ1v) is 11.6. The molecule has 1 saturated heterocycles. The second-order valence-electron chi connectivity index (χ2n) is 8.61. The second-order valence-corrected chi connectivity index (χ2v) is 8.61.